The fraction of sp³-hybridized carbons (Fsp3) is 0.111. The molecule has 26 heavy (non-hydrogen) atoms. The van der Waals surface area contributed by atoms with Crippen LogP contribution in [-0.2, 0) is 4.74 Å². The van der Waals surface area contributed by atoms with Gasteiger partial charge in [0.15, 0.2) is 12.3 Å². The summed E-state index contributed by atoms with van der Waals surface area (Å²) in [6.07, 6.45) is 0. The van der Waals surface area contributed by atoms with Crippen LogP contribution in [0.1, 0.15) is 20.8 Å². The second kappa shape index (κ2) is 7.14. The number of halogens is 1. The molecular formula is C18H13FN2O5. The van der Waals surface area contributed by atoms with E-state index in [1.807, 2.05) is 0 Å². The smallest absolute Gasteiger partial charge is 0.359 e. The summed E-state index contributed by atoms with van der Waals surface area (Å²) in [7, 11) is 1.34. The van der Waals surface area contributed by atoms with E-state index in [4.69, 9.17) is 9.47 Å². The van der Waals surface area contributed by atoms with E-state index in [1.54, 1.807) is 18.2 Å². The van der Waals surface area contributed by atoms with E-state index >= 15 is 0 Å². The highest BCUT2D eigenvalue weighted by atomic mass is 19.1. The highest BCUT2D eigenvalue weighted by Gasteiger charge is 2.19. The van der Waals surface area contributed by atoms with Gasteiger partial charge in [0.2, 0.25) is 5.78 Å². The fourth-order valence-electron chi connectivity index (χ4n) is 2.45. The Morgan fingerprint density at radius 2 is 1.88 bits per heavy atom. The first kappa shape index (κ1) is 17.3. The first-order valence-corrected chi connectivity index (χ1v) is 7.52. The number of rotatable bonds is 5. The third kappa shape index (κ3) is 3.30. The molecule has 0 aliphatic heterocycles. The summed E-state index contributed by atoms with van der Waals surface area (Å²) >= 11 is 0. The zero-order valence-corrected chi connectivity index (χ0v) is 13.6. The zero-order chi connectivity index (χ0) is 18.7. The Hall–Kier alpha value is -3.55. The first-order chi connectivity index (χ1) is 12.5. The number of nitrogens with one attached hydrogen (secondary N) is 1. The predicted molar refractivity (Wildman–Crippen MR) is 89.9 cm³/mol. The zero-order valence-electron chi connectivity index (χ0n) is 13.6. The Labute approximate surface area is 146 Å². The highest BCUT2D eigenvalue weighted by Crippen LogP contribution is 2.20. The van der Waals surface area contributed by atoms with Crippen molar-refractivity contribution in [3.63, 3.8) is 0 Å². The van der Waals surface area contributed by atoms with Crippen LogP contribution in [-0.4, -0.2) is 35.7 Å². The third-order valence-corrected chi connectivity index (χ3v) is 3.69. The van der Waals surface area contributed by atoms with Gasteiger partial charge >= 0.3 is 5.97 Å². The van der Waals surface area contributed by atoms with Gasteiger partial charge in [-0.3, -0.25) is 9.59 Å². The number of ketones is 1. The molecule has 0 saturated heterocycles. The van der Waals surface area contributed by atoms with Crippen molar-refractivity contribution in [1.29, 1.82) is 0 Å². The van der Waals surface area contributed by atoms with Crippen molar-refractivity contribution in [3.05, 3.63) is 69.9 Å². The third-order valence-electron chi connectivity index (χ3n) is 3.69. The molecule has 8 heteroatoms. The normalized spacial score (nSPS) is 10.5. The Morgan fingerprint density at radius 3 is 2.62 bits per heavy atom. The van der Waals surface area contributed by atoms with Gasteiger partial charge in [-0.15, -0.1) is 0 Å². The Morgan fingerprint density at radius 1 is 1.15 bits per heavy atom. The lowest BCUT2D eigenvalue weighted by Crippen LogP contribution is -2.19. The number of aromatic nitrogens is 2. The van der Waals surface area contributed by atoms with Crippen LogP contribution in [0, 0.1) is 5.82 Å². The van der Waals surface area contributed by atoms with Crippen molar-refractivity contribution >= 4 is 22.5 Å². The van der Waals surface area contributed by atoms with Gasteiger partial charge in [-0.1, -0.05) is 18.2 Å². The number of carbonyl (C=O) groups is 2. The maximum Gasteiger partial charge on any atom is 0.359 e. The summed E-state index contributed by atoms with van der Waals surface area (Å²) in [4.78, 5) is 36.2. The first-order valence-electron chi connectivity index (χ1n) is 7.52. The van der Waals surface area contributed by atoms with Gasteiger partial charge in [0, 0.05) is 5.39 Å². The number of methoxy groups -OCH3 is 1. The van der Waals surface area contributed by atoms with Crippen molar-refractivity contribution in [2.45, 2.75) is 0 Å². The van der Waals surface area contributed by atoms with Crippen LogP contribution >= 0.6 is 0 Å². The van der Waals surface area contributed by atoms with Gasteiger partial charge in [-0.05, 0) is 24.3 Å². The number of Topliss-reactive ketones (excluding diaryl/α,β-unsaturated/α-hetero) is 1. The van der Waals surface area contributed by atoms with E-state index in [2.05, 4.69) is 10.2 Å². The molecule has 1 N–H and O–H groups in total. The highest BCUT2D eigenvalue weighted by molar-refractivity contribution is 6.04. The van der Waals surface area contributed by atoms with Crippen LogP contribution in [0.5, 0.6) is 5.75 Å². The Balaban J connectivity index is 1.82. The van der Waals surface area contributed by atoms with Gasteiger partial charge in [0.05, 0.1) is 18.1 Å². The molecule has 0 atom stereocenters. The molecule has 0 saturated carbocycles. The van der Waals surface area contributed by atoms with E-state index in [9.17, 15) is 18.8 Å². The number of carbonyl (C=O) groups excluding carboxylic acids is 2. The number of nitrogens with zero attached hydrogens (tertiary/aromatic N) is 1. The molecular weight excluding hydrogens is 343 g/mol. The molecule has 0 unspecified atom stereocenters. The maximum absolute atomic E-state index is 13.4. The minimum Gasteiger partial charge on any atom is -0.496 e. The number of fused-ring (bicyclic) bond motifs is 1. The van der Waals surface area contributed by atoms with Crippen LogP contribution in [0.25, 0.3) is 10.8 Å². The van der Waals surface area contributed by atoms with Crippen molar-refractivity contribution in [1.82, 2.24) is 10.2 Å². The quantitative estimate of drug-likeness (QED) is 0.555. The van der Waals surface area contributed by atoms with Crippen LogP contribution in [0.4, 0.5) is 4.39 Å². The molecule has 0 amide bonds. The molecule has 0 radical (unpaired) electrons. The monoisotopic (exact) mass is 356 g/mol. The summed E-state index contributed by atoms with van der Waals surface area (Å²) in [5, 5.41) is 6.48. The number of benzene rings is 2. The molecule has 3 aromatic rings. The van der Waals surface area contributed by atoms with Crippen LogP contribution in [0.15, 0.2) is 47.3 Å². The summed E-state index contributed by atoms with van der Waals surface area (Å²) in [5.41, 5.74) is -0.614. The minimum atomic E-state index is -0.888. The van der Waals surface area contributed by atoms with Gasteiger partial charge in [-0.25, -0.2) is 14.3 Å². The van der Waals surface area contributed by atoms with E-state index in [-0.39, 0.29) is 22.4 Å². The van der Waals surface area contributed by atoms with Crippen molar-refractivity contribution < 1.29 is 23.5 Å². The second-order valence-corrected chi connectivity index (χ2v) is 5.29. The van der Waals surface area contributed by atoms with Gasteiger partial charge < -0.3 is 9.47 Å². The number of hydrogen-bond acceptors (Lipinski definition) is 6. The molecule has 132 valence electrons. The summed E-state index contributed by atoms with van der Waals surface area (Å²) in [6, 6.07) is 9.83. The molecule has 0 bridgehead atoms. The van der Waals surface area contributed by atoms with Crippen LogP contribution in [0.3, 0.4) is 0 Å². The average Bonchev–Trinajstić information content (AvgIpc) is 2.66. The molecule has 1 aromatic heterocycles. The number of aromatic amines is 1. The van der Waals surface area contributed by atoms with Crippen molar-refractivity contribution in [2.75, 3.05) is 13.7 Å². The summed E-state index contributed by atoms with van der Waals surface area (Å²) < 4.78 is 23.3. The Bertz CT molecular complexity index is 1060. The van der Waals surface area contributed by atoms with E-state index in [1.165, 1.54) is 19.2 Å². The maximum atomic E-state index is 13.4. The predicted octanol–water partition coefficient (Wildman–Crippen LogP) is 2.11. The molecule has 7 nitrogen and oxygen atoms in total. The molecule has 1 heterocycles. The van der Waals surface area contributed by atoms with E-state index < -0.39 is 29.7 Å². The van der Waals surface area contributed by atoms with E-state index in [0.29, 0.717) is 5.39 Å². The lowest BCUT2D eigenvalue weighted by molar-refractivity contribution is 0.0469. The van der Waals surface area contributed by atoms with E-state index in [0.717, 1.165) is 12.1 Å². The average molecular weight is 356 g/mol. The van der Waals surface area contributed by atoms with Crippen molar-refractivity contribution in [3.8, 4) is 5.75 Å². The largest absolute Gasteiger partial charge is 0.496 e. The topological polar surface area (TPSA) is 98.3 Å². The molecule has 2 aromatic carbocycles. The van der Waals surface area contributed by atoms with Gasteiger partial charge in [-0.2, -0.15) is 5.10 Å². The second-order valence-electron chi connectivity index (χ2n) is 5.29. The number of H-pyrrole nitrogens is 1. The van der Waals surface area contributed by atoms with Crippen molar-refractivity contribution in [2.24, 2.45) is 0 Å². The lowest BCUT2D eigenvalue weighted by atomic mass is 10.1. The number of ether oxygens (including phenoxy) is 2. The summed E-state index contributed by atoms with van der Waals surface area (Å²) in [6.45, 7) is -0.631. The summed E-state index contributed by atoms with van der Waals surface area (Å²) in [5.74, 6) is -1.97. The van der Waals surface area contributed by atoms with Crippen LogP contribution in [0.2, 0.25) is 0 Å². The SMILES string of the molecule is COc1ccc(F)cc1C(=O)COC(=O)c1n[nH]c(=O)c2ccccc12. The van der Waals surface area contributed by atoms with Crippen LogP contribution < -0.4 is 10.3 Å². The molecule has 3 rings (SSSR count). The molecule has 0 aliphatic carbocycles. The fourth-order valence-corrected chi connectivity index (χ4v) is 2.45. The number of esters is 1. The van der Waals surface area contributed by atoms with Gasteiger partial charge in [0.1, 0.15) is 11.6 Å². The Kier molecular flexibility index (Phi) is 4.74. The standard InChI is InChI=1S/C18H13FN2O5/c1-25-15-7-6-10(19)8-13(15)14(22)9-26-18(24)16-11-4-2-3-5-12(11)17(23)21-20-16/h2-8H,9H2,1H3,(H,21,23). The van der Waals surface area contributed by atoms with Gasteiger partial charge in [0.25, 0.3) is 5.56 Å². The molecule has 0 spiro atoms. The molecule has 0 fully saturated rings. The number of hydrogen-bond donors (Lipinski definition) is 1. The lowest BCUT2D eigenvalue weighted by Gasteiger charge is -2.09. The minimum absolute atomic E-state index is 0.0421. The molecule has 0 aliphatic rings.